The third-order valence-electron chi connectivity index (χ3n) is 4.80. The van der Waals surface area contributed by atoms with Gasteiger partial charge in [-0.05, 0) is 46.5 Å². The van der Waals surface area contributed by atoms with Crippen molar-refractivity contribution in [3.8, 4) is 0 Å². The van der Waals surface area contributed by atoms with E-state index in [1.165, 1.54) is 5.56 Å². The maximum Gasteiger partial charge on any atom is 0.191 e. The first kappa shape index (κ1) is 21.0. The first-order valence-electron chi connectivity index (χ1n) is 9.98. The van der Waals surface area contributed by atoms with Crippen molar-refractivity contribution < 1.29 is 9.05 Å². The van der Waals surface area contributed by atoms with Crippen molar-refractivity contribution in [1.82, 2.24) is 20.9 Å². The average Bonchev–Trinajstić information content (AvgIpc) is 3.25. The Kier molecular flexibility index (Phi) is 8.36. The normalized spacial score (nSPS) is 12.0. The molecule has 2 N–H and O–H groups in total. The largest absolute Gasteiger partial charge is 0.361 e. The summed E-state index contributed by atoms with van der Waals surface area (Å²) in [5, 5.41) is 14.8. The second kappa shape index (κ2) is 10.7. The molecule has 2 aromatic rings. The molecule has 7 nitrogen and oxygen atoms in total. The molecule has 2 aromatic heterocycles. The Morgan fingerprint density at radius 1 is 1.11 bits per heavy atom. The number of hydrogen-bond acceptors (Lipinski definition) is 5. The van der Waals surface area contributed by atoms with Crippen LogP contribution in [0.15, 0.2) is 20.1 Å². The van der Waals surface area contributed by atoms with E-state index >= 15 is 0 Å². The molecule has 0 unspecified atom stereocenters. The highest BCUT2D eigenvalue weighted by molar-refractivity contribution is 5.79. The molecule has 0 aliphatic carbocycles. The van der Waals surface area contributed by atoms with Gasteiger partial charge in [0.25, 0.3) is 0 Å². The lowest BCUT2D eigenvalue weighted by atomic mass is 9.99. The van der Waals surface area contributed by atoms with Gasteiger partial charge in [0.1, 0.15) is 12.3 Å². The summed E-state index contributed by atoms with van der Waals surface area (Å²) in [4.78, 5) is 4.61. The van der Waals surface area contributed by atoms with E-state index in [1.54, 1.807) is 0 Å². The second-order valence-electron chi connectivity index (χ2n) is 6.76. The molecule has 0 aromatic carbocycles. The predicted octanol–water partition coefficient (Wildman–Crippen LogP) is 3.87. The first-order chi connectivity index (χ1) is 13.1. The predicted molar refractivity (Wildman–Crippen MR) is 107 cm³/mol. The van der Waals surface area contributed by atoms with Crippen molar-refractivity contribution in [1.29, 1.82) is 0 Å². The summed E-state index contributed by atoms with van der Waals surface area (Å²) in [6.45, 7) is 12.5. The lowest BCUT2D eigenvalue weighted by Crippen LogP contribution is -2.37. The second-order valence-corrected chi connectivity index (χ2v) is 6.76. The van der Waals surface area contributed by atoms with Crippen molar-refractivity contribution in [3.05, 3.63) is 34.5 Å². The molecule has 0 saturated heterocycles. The highest BCUT2D eigenvalue weighted by Crippen LogP contribution is 2.22. The number of nitrogens with zero attached hydrogens (tertiary/aromatic N) is 3. The minimum Gasteiger partial charge on any atom is -0.361 e. The van der Waals surface area contributed by atoms with Crippen LogP contribution in [0.5, 0.6) is 0 Å². The van der Waals surface area contributed by atoms with Gasteiger partial charge in [0.2, 0.25) is 0 Å². The number of aromatic nitrogens is 2. The van der Waals surface area contributed by atoms with Crippen LogP contribution in [0.25, 0.3) is 0 Å². The molecule has 2 rings (SSSR count). The van der Waals surface area contributed by atoms with E-state index in [0.717, 1.165) is 67.6 Å². The van der Waals surface area contributed by atoms with E-state index in [0.29, 0.717) is 12.5 Å². The molecule has 0 radical (unpaired) electrons. The topological polar surface area (TPSA) is 88.5 Å². The molecule has 0 aliphatic rings. The Morgan fingerprint density at radius 3 is 2.52 bits per heavy atom. The van der Waals surface area contributed by atoms with Crippen LogP contribution in [0, 0.1) is 13.8 Å². The van der Waals surface area contributed by atoms with Gasteiger partial charge in [-0.3, -0.25) is 0 Å². The molecule has 2 heterocycles. The Labute approximate surface area is 162 Å². The third kappa shape index (κ3) is 6.12. The van der Waals surface area contributed by atoms with Gasteiger partial charge >= 0.3 is 0 Å². The van der Waals surface area contributed by atoms with Crippen molar-refractivity contribution in [3.63, 3.8) is 0 Å². The van der Waals surface area contributed by atoms with E-state index in [1.807, 2.05) is 19.9 Å². The highest BCUT2D eigenvalue weighted by Gasteiger charge is 2.13. The number of aliphatic imine (C=N–C) groups is 1. The fraction of sp³-hybridized carbons (Fsp3) is 0.650. The maximum atomic E-state index is 5.45. The van der Waals surface area contributed by atoms with Gasteiger partial charge in [-0.15, -0.1) is 0 Å². The highest BCUT2D eigenvalue weighted by atomic mass is 16.5. The zero-order chi connectivity index (χ0) is 19.6. The summed E-state index contributed by atoms with van der Waals surface area (Å²) < 4.78 is 10.7. The Balaban J connectivity index is 1.85. The van der Waals surface area contributed by atoms with Gasteiger partial charge in [0.15, 0.2) is 11.7 Å². The Hall–Kier alpha value is -2.31. The van der Waals surface area contributed by atoms with Crippen LogP contribution in [0.1, 0.15) is 74.4 Å². The maximum absolute atomic E-state index is 5.45. The Morgan fingerprint density at radius 2 is 1.89 bits per heavy atom. The molecule has 0 atom stereocenters. The first-order valence-corrected chi connectivity index (χ1v) is 9.98. The average molecular weight is 376 g/mol. The molecule has 0 aliphatic heterocycles. The monoisotopic (exact) mass is 375 g/mol. The third-order valence-corrected chi connectivity index (χ3v) is 4.80. The lowest BCUT2D eigenvalue weighted by molar-refractivity contribution is 0.372. The van der Waals surface area contributed by atoms with Gasteiger partial charge in [-0.2, -0.15) is 0 Å². The SMILES string of the molecule is CCNC(=NCc1cc(C(CC)CC)no1)NCCCc1c(C)noc1C. The fourth-order valence-electron chi connectivity index (χ4n) is 3.13. The number of rotatable bonds is 10. The molecule has 150 valence electrons. The molecule has 0 fully saturated rings. The summed E-state index contributed by atoms with van der Waals surface area (Å²) in [6.07, 6.45) is 4.06. The number of nitrogens with one attached hydrogen (secondary N) is 2. The van der Waals surface area contributed by atoms with Crippen LogP contribution in [-0.4, -0.2) is 29.4 Å². The number of guanidine groups is 1. The molecule has 0 spiro atoms. The van der Waals surface area contributed by atoms with E-state index < -0.39 is 0 Å². The molecule has 0 amide bonds. The van der Waals surface area contributed by atoms with E-state index in [4.69, 9.17) is 9.05 Å². The van der Waals surface area contributed by atoms with Crippen molar-refractivity contribution in [2.24, 2.45) is 4.99 Å². The molecule has 0 bridgehead atoms. The van der Waals surface area contributed by atoms with Gasteiger partial charge in [0, 0.05) is 30.6 Å². The quantitative estimate of drug-likeness (QED) is 0.372. The summed E-state index contributed by atoms with van der Waals surface area (Å²) in [6, 6.07) is 2.03. The molecular formula is C20H33N5O2. The molecule has 0 saturated carbocycles. The smallest absolute Gasteiger partial charge is 0.191 e. The molecule has 7 heteroatoms. The van der Waals surface area contributed by atoms with Gasteiger partial charge in [0.05, 0.1) is 11.4 Å². The van der Waals surface area contributed by atoms with E-state index in [-0.39, 0.29) is 0 Å². The van der Waals surface area contributed by atoms with Crippen molar-refractivity contribution in [2.45, 2.75) is 72.8 Å². The van der Waals surface area contributed by atoms with Gasteiger partial charge < -0.3 is 19.7 Å². The van der Waals surface area contributed by atoms with Crippen LogP contribution in [0.4, 0.5) is 0 Å². The minimum absolute atomic E-state index is 0.460. The van der Waals surface area contributed by atoms with Crippen LogP contribution in [-0.2, 0) is 13.0 Å². The number of hydrogen-bond donors (Lipinski definition) is 2. The van der Waals surface area contributed by atoms with Gasteiger partial charge in [-0.1, -0.05) is 24.2 Å². The van der Waals surface area contributed by atoms with Crippen LogP contribution >= 0.6 is 0 Å². The lowest BCUT2D eigenvalue weighted by Gasteiger charge is -2.10. The number of aryl methyl sites for hydroxylation is 2. The van der Waals surface area contributed by atoms with Crippen LogP contribution < -0.4 is 10.6 Å². The summed E-state index contributed by atoms with van der Waals surface area (Å²) in [5.41, 5.74) is 3.21. The van der Waals surface area contributed by atoms with E-state index in [2.05, 4.69) is 46.7 Å². The summed E-state index contributed by atoms with van der Waals surface area (Å²) >= 11 is 0. The van der Waals surface area contributed by atoms with Gasteiger partial charge in [-0.25, -0.2) is 4.99 Å². The summed E-state index contributed by atoms with van der Waals surface area (Å²) in [5.74, 6) is 2.95. The van der Waals surface area contributed by atoms with Crippen LogP contribution in [0.3, 0.4) is 0 Å². The zero-order valence-electron chi connectivity index (χ0n) is 17.3. The minimum atomic E-state index is 0.460. The molecular weight excluding hydrogens is 342 g/mol. The fourth-order valence-corrected chi connectivity index (χ4v) is 3.13. The van der Waals surface area contributed by atoms with E-state index in [9.17, 15) is 0 Å². The molecule has 27 heavy (non-hydrogen) atoms. The van der Waals surface area contributed by atoms with Crippen molar-refractivity contribution >= 4 is 5.96 Å². The Bertz CT molecular complexity index is 696. The zero-order valence-corrected chi connectivity index (χ0v) is 17.3. The van der Waals surface area contributed by atoms with Crippen molar-refractivity contribution in [2.75, 3.05) is 13.1 Å². The summed E-state index contributed by atoms with van der Waals surface area (Å²) in [7, 11) is 0. The van der Waals surface area contributed by atoms with Crippen LogP contribution in [0.2, 0.25) is 0 Å². The standard InChI is InChI=1S/C20H33N5O2/c1-6-16(7-2)19-12-17(27-25-19)13-23-20(21-8-3)22-11-9-10-18-14(4)24-26-15(18)5/h12,16H,6-11,13H2,1-5H3,(H2,21,22,23).